The average Bonchev–Trinajstić information content (AvgIpc) is 3.26. The number of piperidine rings is 1. The van der Waals surface area contributed by atoms with Crippen LogP contribution in [-0.2, 0) is 4.79 Å². The van der Waals surface area contributed by atoms with Gasteiger partial charge in [-0.25, -0.2) is 0 Å². The summed E-state index contributed by atoms with van der Waals surface area (Å²) in [6.45, 7) is 5.31. The van der Waals surface area contributed by atoms with Gasteiger partial charge in [-0.1, -0.05) is 0 Å². The van der Waals surface area contributed by atoms with E-state index in [0.717, 1.165) is 65.0 Å². The molecule has 0 bridgehead atoms. The predicted octanol–water partition coefficient (Wildman–Crippen LogP) is 0.301. The van der Waals surface area contributed by atoms with Crippen molar-refractivity contribution in [2.75, 3.05) is 46.3 Å². The maximum absolute atomic E-state index is 13.6. The van der Waals surface area contributed by atoms with Gasteiger partial charge in [0, 0.05) is 38.4 Å². The van der Waals surface area contributed by atoms with E-state index in [1.54, 1.807) is 6.20 Å². The predicted molar refractivity (Wildman–Crippen MR) is 101 cm³/mol. The van der Waals surface area contributed by atoms with E-state index < -0.39 is 5.54 Å². The first-order chi connectivity index (χ1) is 13.1. The van der Waals surface area contributed by atoms with Crippen LogP contribution in [0.3, 0.4) is 0 Å². The third kappa shape index (κ3) is 3.60. The molecule has 27 heavy (non-hydrogen) atoms. The van der Waals surface area contributed by atoms with E-state index in [4.69, 9.17) is 0 Å². The molecule has 0 radical (unpaired) electrons. The molecule has 1 unspecified atom stereocenters. The second kappa shape index (κ2) is 7.59. The van der Waals surface area contributed by atoms with Crippen LogP contribution in [0, 0.1) is 0 Å². The number of hydrogen-bond acceptors (Lipinski definition) is 5. The topological polar surface area (TPSA) is 84.6 Å². The van der Waals surface area contributed by atoms with Gasteiger partial charge in [0.15, 0.2) is 0 Å². The van der Waals surface area contributed by atoms with Crippen molar-refractivity contribution in [3.05, 3.63) is 18.0 Å². The van der Waals surface area contributed by atoms with Crippen molar-refractivity contribution in [2.45, 2.75) is 43.7 Å². The summed E-state index contributed by atoms with van der Waals surface area (Å²) in [6.07, 6.45) is 7.98. The minimum Gasteiger partial charge on any atom is -0.348 e. The van der Waals surface area contributed by atoms with Gasteiger partial charge in [0.2, 0.25) is 5.91 Å². The number of nitrogens with zero attached hydrogens (tertiary/aromatic N) is 4. The normalized spacial score (nSPS) is 30.0. The van der Waals surface area contributed by atoms with Crippen molar-refractivity contribution in [2.24, 2.45) is 0 Å². The first-order valence-corrected chi connectivity index (χ1v) is 10.1. The van der Waals surface area contributed by atoms with Gasteiger partial charge in [-0.2, -0.15) is 5.10 Å². The van der Waals surface area contributed by atoms with Crippen LogP contribution in [0.5, 0.6) is 0 Å². The minimum atomic E-state index is -0.435. The van der Waals surface area contributed by atoms with Crippen LogP contribution in [0.25, 0.3) is 0 Å². The zero-order valence-electron chi connectivity index (χ0n) is 16.1. The zero-order chi connectivity index (χ0) is 18.9. The third-order valence-electron chi connectivity index (χ3n) is 6.40. The molecule has 2 N–H and O–H groups in total. The van der Waals surface area contributed by atoms with Gasteiger partial charge in [0.1, 0.15) is 5.54 Å². The molecule has 8 heteroatoms. The standard InChI is InChI=1S/C19H30N6O2/c1-23-6-4-7-24(10-9-23)18(27)19-5-2-3-8-25(19)14-16(11-19)22-17(26)15-12-20-21-13-15/h12-13,16H,2-11,14H2,1H3,(H,20,21)(H,22,26)/t16?,19-/m0/s1. The second-order valence-corrected chi connectivity index (χ2v) is 8.25. The van der Waals surface area contributed by atoms with Crippen LogP contribution >= 0.6 is 0 Å². The monoisotopic (exact) mass is 374 g/mol. The second-order valence-electron chi connectivity index (χ2n) is 8.25. The Hall–Kier alpha value is -1.93. The van der Waals surface area contributed by atoms with Crippen LogP contribution in [0.2, 0.25) is 0 Å². The Balaban J connectivity index is 1.48. The molecule has 3 aliphatic rings. The Morgan fingerprint density at radius 2 is 2.07 bits per heavy atom. The van der Waals surface area contributed by atoms with E-state index in [1.807, 2.05) is 0 Å². The highest BCUT2D eigenvalue weighted by molar-refractivity contribution is 5.94. The summed E-state index contributed by atoms with van der Waals surface area (Å²) in [5, 5.41) is 9.64. The smallest absolute Gasteiger partial charge is 0.254 e. The quantitative estimate of drug-likeness (QED) is 0.795. The number of aromatic amines is 1. The summed E-state index contributed by atoms with van der Waals surface area (Å²) in [4.78, 5) is 32.8. The molecule has 3 fully saturated rings. The fraction of sp³-hybridized carbons (Fsp3) is 0.737. The lowest BCUT2D eigenvalue weighted by molar-refractivity contribution is -0.145. The van der Waals surface area contributed by atoms with E-state index in [-0.39, 0.29) is 17.9 Å². The van der Waals surface area contributed by atoms with Gasteiger partial charge in [-0.15, -0.1) is 0 Å². The molecule has 2 atom stereocenters. The first kappa shape index (κ1) is 18.4. The van der Waals surface area contributed by atoms with Gasteiger partial charge < -0.3 is 15.1 Å². The van der Waals surface area contributed by atoms with Crippen LogP contribution in [-0.4, -0.2) is 94.6 Å². The molecule has 1 aromatic heterocycles. The van der Waals surface area contributed by atoms with Gasteiger partial charge >= 0.3 is 0 Å². The van der Waals surface area contributed by atoms with Crippen molar-refractivity contribution in [1.29, 1.82) is 0 Å². The number of hydrogen-bond donors (Lipinski definition) is 2. The Kier molecular flexibility index (Phi) is 5.19. The molecule has 3 saturated heterocycles. The summed E-state index contributed by atoms with van der Waals surface area (Å²) in [7, 11) is 2.12. The molecular weight excluding hydrogens is 344 g/mol. The Labute approximate surface area is 160 Å². The summed E-state index contributed by atoms with van der Waals surface area (Å²) < 4.78 is 0. The molecule has 0 saturated carbocycles. The number of H-pyrrole nitrogens is 1. The lowest BCUT2D eigenvalue weighted by Crippen LogP contribution is -2.59. The van der Waals surface area contributed by atoms with Crippen molar-refractivity contribution >= 4 is 11.8 Å². The SMILES string of the molecule is CN1CCCN(C(=O)[C@@]23CCCCN2CC(NC(=O)c2cn[nH]c2)C3)CC1. The van der Waals surface area contributed by atoms with Crippen molar-refractivity contribution in [3.8, 4) is 0 Å². The average molecular weight is 374 g/mol. The van der Waals surface area contributed by atoms with Crippen LogP contribution in [0.4, 0.5) is 0 Å². The summed E-state index contributed by atoms with van der Waals surface area (Å²) >= 11 is 0. The van der Waals surface area contributed by atoms with E-state index in [2.05, 4.69) is 37.3 Å². The Morgan fingerprint density at radius 3 is 2.89 bits per heavy atom. The van der Waals surface area contributed by atoms with Crippen molar-refractivity contribution in [3.63, 3.8) is 0 Å². The Morgan fingerprint density at radius 1 is 1.19 bits per heavy atom. The van der Waals surface area contributed by atoms with Crippen LogP contribution < -0.4 is 5.32 Å². The Bertz CT molecular complexity index is 678. The maximum Gasteiger partial charge on any atom is 0.254 e. The largest absolute Gasteiger partial charge is 0.348 e. The van der Waals surface area contributed by atoms with Crippen molar-refractivity contribution < 1.29 is 9.59 Å². The molecule has 0 spiro atoms. The van der Waals surface area contributed by atoms with Crippen molar-refractivity contribution in [1.82, 2.24) is 30.2 Å². The molecular formula is C19H30N6O2. The fourth-order valence-electron chi connectivity index (χ4n) is 4.94. The molecule has 0 aliphatic carbocycles. The molecule has 0 aromatic carbocycles. The molecule has 4 rings (SSSR count). The number of nitrogens with one attached hydrogen (secondary N) is 2. The number of likely N-dealkylation sites (N-methyl/N-ethyl adjacent to an activating group) is 1. The molecule has 8 nitrogen and oxygen atoms in total. The van der Waals surface area contributed by atoms with E-state index in [9.17, 15) is 9.59 Å². The summed E-state index contributed by atoms with van der Waals surface area (Å²) in [6, 6.07) is 0.00380. The number of carbonyl (C=O) groups excluding carboxylic acids is 2. The zero-order valence-corrected chi connectivity index (χ0v) is 16.1. The highest BCUT2D eigenvalue weighted by atomic mass is 16.2. The highest BCUT2D eigenvalue weighted by Gasteiger charge is 2.53. The van der Waals surface area contributed by atoms with Gasteiger partial charge in [0.25, 0.3) is 5.91 Å². The van der Waals surface area contributed by atoms with E-state index in [0.29, 0.717) is 12.0 Å². The van der Waals surface area contributed by atoms with Gasteiger partial charge in [-0.05, 0) is 52.2 Å². The summed E-state index contributed by atoms with van der Waals surface area (Å²) in [5.74, 6) is 0.158. The number of rotatable bonds is 3. The van der Waals surface area contributed by atoms with Gasteiger partial charge in [-0.3, -0.25) is 19.6 Å². The minimum absolute atomic E-state index is 0.00380. The number of fused-ring (bicyclic) bond motifs is 1. The van der Waals surface area contributed by atoms with Crippen LogP contribution in [0.15, 0.2) is 12.4 Å². The summed E-state index contributed by atoms with van der Waals surface area (Å²) in [5.41, 5.74) is 0.103. The molecule has 1 aromatic rings. The van der Waals surface area contributed by atoms with E-state index >= 15 is 0 Å². The molecule has 2 amide bonds. The first-order valence-electron chi connectivity index (χ1n) is 10.1. The molecule has 4 heterocycles. The molecule has 148 valence electrons. The lowest BCUT2D eigenvalue weighted by atomic mass is 9.84. The fourth-order valence-corrected chi connectivity index (χ4v) is 4.94. The van der Waals surface area contributed by atoms with Gasteiger partial charge in [0.05, 0.1) is 11.8 Å². The molecule has 3 aliphatic heterocycles. The number of carbonyl (C=O) groups is 2. The van der Waals surface area contributed by atoms with Crippen LogP contribution in [0.1, 0.15) is 42.5 Å². The number of amides is 2. The number of aromatic nitrogens is 2. The maximum atomic E-state index is 13.6. The highest BCUT2D eigenvalue weighted by Crippen LogP contribution is 2.39. The lowest BCUT2D eigenvalue weighted by Gasteiger charge is -2.43. The van der Waals surface area contributed by atoms with E-state index in [1.165, 1.54) is 6.20 Å². The third-order valence-corrected chi connectivity index (χ3v) is 6.40.